The van der Waals surface area contributed by atoms with Gasteiger partial charge in [-0.1, -0.05) is 42.3 Å². The van der Waals surface area contributed by atoms with Gasteiger partial charge in [-0.2, -0.15) is 0 Å². The highest BCUT2D eigenvalue weighted by atomic mass is 32.1. The predicted octanol–water partition coefficient (Wildman–Crippen LogP) is 4.91. The second-order valence-corrected chi connectivity index (χ2v) is 7.37. The first-order valence-electron chi connectivity index (χ1n) is 8.92. The van der Waals surface area contributed by atoms with Gasteiger partial charge in [-0.25, -0.2) is 0 Å². The van der Waals surface area contributed by atoms with Crippen molar-refractivity contribution >= 4 is 22.9 Å². The Bertz CT molecular complexity index is 1050. The normalized spacial score (nSPS) is 15.3. The van der Waals surface area contributed by atoms with Gasteiger partial charge in [-0.05, 0) is 23.3 Å². The Morgan fingerprint density at radius 1 is 1.21 bits per heavy atom. The number of ether oxygens (including phenoxy) is 2. The van der Waals surface area contributed by atoms with E-state index in [0.717, 1.165) is 27.3 Å². The smallest absolute Gasteiger partial charge is 0.225 e. The average Bonchev–Trinajstić information content (AvgIpc) is 3.16. The highest BCUT2D eigenvalue weighted by Gasteiger charge is 2.31. The Kier molecular flexibility index (Phi) is 5.05. The molecule has 2 heterocycles. The Labute approximate surface area is 168 Å². The molecule has 0 saturated heterocycles. The molecule has 4 rings (SSSR count). The Morgan fingerprint density at radius 2 is 2.04 bits per heavy atom. The van der Waals surface area contributed by atoms with Crippen molar-refractivity contribution in [3.05, 3.63) is 64.4 Å². The maximum absolute atomic E-state index is 12.5. The van der Waals surface area contributed by atoms with Gasteiger partial charge < -0.3 is 14.8 Å². The molecule has 1 amide bonds. The Balaban J connectivity index is 1.74. The quantitative estimate of drug-likeness (QED) is 0.631. The van der Waals surface area contributed by atoms with Crippen LogP contribution in [-0.4, -0.2) is 19.6 Å². The number of carbonyl (C=O) groups is 1. The molecule has 5 heteroatoms. The van der Waals surface area contributed by atoms with E-state index in [2.05, 4.69) is 28.8 Å². The summed E-state index contributed by atoms with van der Waals surface area (Å²) in [5, 5.41) is 5.18. The number of terminal acetylenes is 1. The minimum absolute atomic E-state index is 0.0136. The van der Waals surface area contributed by atoms with Crippen LogP contribution in [0.5, 0.6) is 11.5 Å². The lowest BCUT2D eigenvalue weighted by Gasteiger charge is -2.24. The summed E-state index contributed by atoms with van der Waals surface area (Å²) < 4.78 is 11.0. The van der Waals surface area contributed by atoms with Gasteiger partial charge in [0.15, 0.2) is 11.5 Å². The van der Waals surface area contributed by atoms with Crippen LogP contribution < -0.4 is 14.8 Å². The van der Waals surface area contributed by atoms with Crippen molar-refractivity contribution in [1.82, 2.24) is 0 Å². The van der Waals surface area contributed by atoms with Crippen molar-refractivity contribution in [3.8, 4) is 35.0 Å². The van der Waals surface area contributed by atoms with Crippen molar-refractivity contribution < 1.29 is 14.3 Å². The van der Waals surface area contributed by atoms with E-state index < -0.39 is 0 Å². The van der Waals surface area contributed by atoms with Gasteiger partial charge in [0.2, 0.25) is 5.91 Å². The van der Waals surface area contributed by atoms with Gasteiger partial charge >= 0.3 is 0 Å². The van der Waals surface area contributed by atoms with Crippen LogP contribution in [0.1, 0.15) is 22.8 Å². The molecule has 4 nitrogen and oxygen atoms in total. The van der Waals surface area contributed by atoms with Crippen LogP contribution in [0.2, 0.25) is 0 Å². The summed E-state index contributed by atoms with van der Waals surface area (Å²) >= 11 is 1.67. The average molecular weight is 389 g/mol. The number of anilines is 1. The van der Waals surface area contributed by atoms with Crippen molar-refractivity contribution in [3.63, 3.8) is 0 Å². The van der Waals surface area contributed by atoms with Crippen molar-refractivity contribution in [2.45, 2.75) is 12.3 Å². The first kappa shape index (κ1) is 18.1. The van der Waals surface area contributed by atoms with Gasteiger partial charge in [0.1, 0.15) is 6.61 Å². The number of fused-ring (bicyclic) bond motifs is 1. The molecule has 0 aliphatic carbocycles. The van der Waals surface area contributed by atoms with Crippen LogP contribution in [-0.2, 0) is 4.79 Å². The Morgan fingerprint density at radius 3 is 2.79 bits per heavy atom. The zero-order valence-electron chi connectivity index (χ0n) is 15.4. The summed E-state index contributed by atoms with van der Waals surface area (Å²) in [4.78, 5) is 13.6. The van der Waals surface area contributed by atoms with Crippen LogP contribution in [0.4, 0.5) is 5.69 Å². The molecule has 0 saturated carbocycles. The number of rotatable bonds is 5. The molecule has 0 radical (unpaired) electrons. The lowest BCUT2D eigenvalue weighted by atomic mass is 9.89. The van der Waals surface area contributed by atoms with E-state index in [1.165, 1.54) is 0 Å². The summed E-state index contributed by atoms with van der Waals surface area (Å²) in [5.41, 5.74) is 4.07. The molecular formula is C23H19NO3S. The number of thiophene rings is 1. The molecule has 0 fully saturated rings. The summed E-state index contributed by atoms with van der Waals surface area (Å²) in [6.45, 7) is 0.178. The van der Waals surface area contributed by atoms with Crippen LogP contribution in [0.15, 0.2) is 53.9 Å². The van der Waals surface area contributed by atoms with Crippen LogP contribution in [0.3, 0.4) is 0 Å². The molecule has 0 bridgehead atoms. The molecule has 0 unspecified atom stereocenters. The van der Waals surface area contributed by atoms with Crippen molar-refractivity contribution in [2.24, 2.45) is 0 Å². The monoisotopic (exact) mass is 389 g/mol. The number of amides is 1. The number of carbonyl (C=O) groups excluding carboxylic acids is 1. The lowest BCUT2D eigenvalue weighted by molar-refractivity contribution is -0.116. The van der Waals surface area contributed by atoms with E-state index >= 15 is 0 Å². The number of benzene rings is 2. The van der Waals surface area contributed by atoms with E-state index in [9.17, 15) is 4.79 Å². The van der Waals surface area contributed by atoms with Crippen LogP contribution in [0, 0.1) is 12.3 Å². The molecule has 1 aromatic heterocycles. The first-order chi connectivity index (χ1) is 13.7. The third-order valence-corrected chi connectivity index (χ3v) is 5.87. The third kappa shape index (κ3) is 3.35. The van der Waals surface area contributed by atoms with Crippen molar-refractivity contribution in [1.29, 1.82) is 0 Å². The molecule has 0 spiro atoms. The number of hydrogen-bond donors (Lipinski definition) is 1. The second-order valence-electron chi connectivity index (χ2n) is 6.46. The predicted molar refractivity (Wildman–Crippen MR) is 112 cm³/mol. The molecular weight excluding hydrogens is 370 g/mol. The van der Waals surface area contributed by atoms with Crippen molar-refractivity contribution in [2.75, 3.05) is 19.0 Å². The van der Waals surface area contributed by atoms with Gasteiger partial charge in [0, 0.05) is 28.2 Å². The fourth-order valence-corrected chi connectivity index (χ4v) is 4.63. The summed E-state index contributed by atoms with van der Waals surface area (Å²) in [7, 11) is 1.60. The number of nitrogens with one attached hydrogen (secondary N) is 1. The highest BCUT2D eigenvalue weighted by Crippen LogP contribution is 2.47. The second kappa shape index (κ2) is 7.79. The lowest BCUT2D eigenvalue weighted by Crippen LogP contribution is -2.22. The standard InChI is InChI=1S/C23H19NO3S/c1-3-11-27-19-10-9-16(12-20(19)26-2)17-13-21(25)24-22-18(14-28-23(17)22)15-7-5-4-6-8-15/h1,4-10,12,14,17H,11,13H2,2H3,(H,24,25)/t17-/m0/s1. The van der Waals surface area contributed by atoms with E-state index in [4.69, 9.17) is 15.9 Å². The molecule has 2 aromatic carbocycles. The van der Waals surface area contributed by atoms with E-state index in [-0.39, 0.29) is 18.4 Å². The summed E-state index contributed by atoms with van der Waals surface area (Å²) in [6, 6.07) is 15.9. The molecule has 1 aliphatic heterocycles. The topological polar surface area (TPSA) is 47.6 Å². The molecule has 140 valence electrons. The zero-order chi connectivity index (χ0) is 19.5. The molecule has 1 N–H and O–H groups in total. The SMILES string of the molecule is C#CCOc1ccc([C@@H]2CC(=O)Nc3c(-c4ccccc4)csc32)cc1OC. The largest absolute Gasteiger partial charge is 0.493 e. The van der Waals surface area contributed by atoms with Crippen LogP contribution in [0.25, 0.3) is 11.1 Å². The van der Waals surface area contributed by atoms with E-state index in [1.807, 2.05) is 36.4 Å². The Hall–Kier alpha value is -3.23. The first-order valence-corrected chi connectivity index (χ1v) is 9.80. The van der Waals surface area contributed by atoms with Crippen LogP contribution >= 0.6 is 11.3 Å². The molecule has 3 aromatic rings. The molecule has 28 heavy (non-hydrogen) atoms. The fourth-order valence-electron chi connectivity index (χ4n) is 3.47. The maximum Gasteiger partial charge on any atom is 0.225 e. The zero-order valence-corrected chi connectivity index (χ0v) is 16.2. The molecule has 1 atom stereocenters. The third-order valence-electron chi connectivity index (χ3n) is 4.78. The highest BCUT2D eigenvalue weighted by molar-refractivity contribution is 7.11. The van der Waals surface area contributed by atoms with E-state index in [0.29, 0.717) is 17.9 Å². The number of hydrogen-bond acceptors (Lipinski definition) is 4. The summed E-state index contributed by atoms with van der Waals surface area (Å²) in [5.74, 6) is 3.65. The van der Waals surface area contributed by atoms with Gasteiger partial charge in [0.05, 0.1) is 12.8 Å². The minimum atomic E-state index is -0.0261. The fraction of sp³-hybridized carbons (Fsp3) is 0.174. The number of methoxy groups -OCH3 is 1. The molecule has 1 aliphatic rings. The minimum Gasteiger partial charge on any atom is -0.493 e. The maximum atomic E-state index is 12.5. The van der Waals surface area contributed by atoms with Gasteiger partial charge in [-0.3, -0.25) is 4.79 Å². The summed E-state index contributed by atoms with van der Waals surface area (Å²) in [6.07, 6.45) is 5.67. The van der Waals surface area contributed by atoms with Gasteiger partial charge in [0.25, 0.3) is 0 Å². The van der Waals surface area contributed by atoms with E-state index in [1.54, 1.807) is 18.4 Å². The van der Waals surface area contributed by atoms with Gasteiger partial charge in [-0.15, -0.1) is 17.8 Å².